The standard InChI is InChI=1S/C13H15FN2O.ClH/c14-10-6-5-9(7-15)11(13(10)17)12(16)8-3-1-2-4-8;/h5-6,8,12,17H,1-4,16H2;1H/t12-;/m0./s1. The Morgan fingerprint density at radius 3 is 2.56 bits per heavy atom. The van der Waals surface area contributed by atoms with Crippen LogP contribution in [0.1, 0.15) is 42.9 Å². The molecule has 1 aliphatic carbocycles. The molecule has 2 rings (SSSR count). The summed E-state index contributed by atoms with van der Waals surface area (Å²) in [7, 11) is 0. The molecule has 0 bridgehead atoms. The molecule has 1 atom stereocenters. The van der Waals surface area contributed by atoms with Crippen molar-refractivity contribution in [3.05, 3.63) is 29.1 Å². The van der Waals surface area contributed by atoms with Gasteiger partial charge in [0.25, 0.3) is 0 Å². The largest absolute Gasteiger partial charge is 0.505 e. The first-order valence-electron chi connectivity index (χ1n) is 5.82. The van der Waals surface area contributed by atoms with Crippen LogP contribution in [0.3, 0.4) is 0 Å². The summed E-state index contributed by atoms with van der Waals surface area (Å²) >= 11 is 0. The van der Waals surface area contributed by atoms with Gasteiger partial charge in [0, 0.05) is 11.6 Å². The number of phenolic OH excluding ortho intramolecular Hbond substituents is 1. The third-order valence-electron chi connectivity index (χ3n) is 3.53. The molecule has 98 valence electrons. The summed E-state index contributed by atoms with van der Waals surface area (Å²) in [4.78, 5) is 0. The normalized spacial score (nSPS) is 16.9. The summed E-state index contributed by atoms with van der Waals surface area (Å²) in [6, 6.07) is 3.98. The van der Waals surface area contributed by atoms with Crippen molar-refractivity contribution in [3.8, 4) is 11.8 Å². The summed E-state index contributed by atoms with van der Waals surface area (Å²) in [5.41, 5.74) is 6.60. The summed E-state index contributed by atoms with van der Waals surface area (Å²) in [5, 5.41) is 18.7. The van der Waals surface area contributed by atoms with Crippen molar-refractivity contribution in [1.29, 1.82) is 5.26 Å². The Morgan fingerprint density at radius 2 is 2.00 bits per heavy atom. The van der Waals surface area contributed by atoms with E-state index in [1.165, 1.54) is 6.07 Å². The molecular weight excluding hydrogens is 255 g/mol. The maximum atomic E-state index is 13.3. The molecule has 0 saturated heterocycles. The van der Waals surface area contributed by atoms with Gasteiger partial charge in [-0.3, -0.25) is 0 Å². The van der Waals surface area contributed by atoms with E-state index in [-0.39, 0.29) is 29.5 Å². The molecule has 0 spiro atoms. The Morgan fingerprint density at radius 1 is 1.39 bits per heavy atom. The monoisotopic (exact) mass is 270 g/mol. The van der Waals surface area contributed by atoms with Crippen molar-refractivity contribution < 1.29 is 9.50 Å². The minimum atomic E-state index is -0.715. The highest BCUT2D eigenvalue weighted by Crippen LogP contribution is 2.39. The number of rotatable bonds is 2. The van der Waals surface area contributed by atoms with E-state index in [9.17, 15) is 9.50 Å². The van der Waals surface area contributed by atoms with Crippen LogP contribution in [0.5, 0.6) is 5.75 Å². The van der Waals surface area contributed by atoms with Crippen LogP contribution in [0.25, 0.3) is 0 Å². The Bertz CT molecular complexity index is 467. The van der Waals surface area contributed by atoms with E-state index in [2.05, 4.69) is 0 Å². The molecule has 5 heteroatoms. The minimum Gasteiger partial charge on any atom is -0.505 e. The second-order valence-electron chi connectivity index (χ2n) is 4.54. The summed E-state index contributed by atoms with van der Waals surface area (Å²) in [5.74, 6) is -0.953. The molecule has 0 heterocycles. The summed E-state index contributed by atoms with van der Waals surface area (Å²) in [6.45, 7) is 0. The van der Waals surface area contributed by atoms with E-state index in [0.717, 1.165) is 31.7 Å². The smallest absolute Gasteiger partial charge is 0.165 e. The Labute approximate surface area is 112 Å². The lowest BCUT2D eigenvalue weighted by Crippen LogP contribution is -2.20. The summed E-state index contributed by atoms with van der Waals surface area (Å²) < 4.78 is 13.3. The lowest BCUT2D eigenvalue weighted by Gasteiger charge is -2.21. The zero-order chi connectivity index (χ0) is 12.4. The van der Waals surface area contributed by atoms with E-state index in [1.807, 2.05) is 6.07 Å². The van der Waals surface area contributed by atoms with E-state index >= 15 is 0 Å². The molecule has 0 aliphatic heterocycles. The first kappa shape index (κ1) is 14.7. The van der Waals surface area contributed by atoms with Gasteiger partial charge in [-0.25, -0.2) is 4.39 Å². The molecule has 3 N–H and O–H groups in total. The number of aromatic hydroxyl groups is 1. The fourth-order valence-electron chi connectivity index (χ4n) is 2.57. The first-order chi connectivity index (χ1) is 8.15. The van der Waals surface area contributed by atoms with Gasteiger partial charge >= 0.3 is 0 Å². The van der Waals surface area contributed by atoms with Crippen molar-refractivity contribution in [3.63, 3.8) is 0 Å². The Kier molecular flexibility index (Phi) is 4.94. The van der Waals surface area contributed by atoms with Crippen LogP contribution in [0, 0.1) is 23.1 Å². The van der Waals surface area contributed by atoms with Crippen molar-refractivity contribution in [1.82, 2.24) is 0 Å². The third-order valence-corrected chi connectivity index (χ3v) is 3.53. The quantitative estimate of drug-likeness (QED) is 0.868. The van der Waals surface area contributed by atoms with Crippen molar-refractivity contribution in [2.45, 2.75) is 31.7 Å². The van der Waals surface area contributed by atoms with Crippen molar-refractivity contribution in [2.24, 2.45) is 11.7 Å². The van der Waals surface area contributed by atoms with Crippen LogP contribution in [-0.4, -0.2) is 5.11 Å². The van der Waals surface area contributed by atoms with Crippen LogP contribution in [0.4, 0.5) is 4.39 Å². The number of phenols is 1. The van der Waals surface area contributed by atoms with Gasteiger partial charge in [-0.05, 0) is 30.9 Å². The number of nitriles is 1. The average molecular weight is 271 g/mol. The molecule has 3 nitrogen and oxygen atoms in total. The predicted octanol–water partition coefficient (Wildman–Crippen LogP) is 3.01. The molecule has 0 amide bonds. The zero-order valence-corrected chi connectivity index (χ0v) is 10.7. The summed E-state index contributed by atoms with van der Waals surface area (Å²) in [6.07, 6.45) is 4.16. The average Bonchev–Trinajstić information content (AvgIpc) is 2.85. The molecule has 0 unspecified atom stereocenters. The number of halogens is 2. The van der Waals surface area contributed by atoms with Crippen LogP contribution >= 0.6 is 12.4 Å². The van der Waals surface area contributed by atoms with Crippen LogP contribution in [0.15, 0.2) is 12.1 Å². The number of hydrogen-bond acceptors (Lipinski definition) is 3. The lowest BCUT2D eigenvalue weighted by atomic mass is 9.89. The second-order valence-corrected chi connectivity index (χ2v) is 4.54. The maximum absolute atomic E-state index is 13.3. The highest BCUT2D eigenvalue weighted by atomic mass is 35.5. The van der Waals surface area contributed by atoms with E-state index in [4.69, 9.17) is 11.0 Å². The highest BCUT2D eigenvalue weighted by molar-refractivity contribution is 5.85. The maximum Gasteiger partial charge on any atom is 0.165 e. The molecule has 1 aromatic rings. The Hall–Kier alpha value is -1.31. The van der Waals surface area contributed by atoms with E-state index in [0.29, 0.717) is 0 Å². The van der Waals surface area contributed by atoms with Crippen molar-refractivity contribution in [2.75, 3.05) is 0 Å². The number of hydrogen-bond donors (Lipinski definition) is 2. The molecule has 1 aliphatic rings. The van der Waals surface area contributed by atoms with Crippen molar-refractivity contribution >= 4 is 12.4 Å². The van der Waals surface area contributed by atoms with E-state index < -0.39 is 17.6 Å². The fraction of sp³-hybridized carbons (Fsp3) is 0.462. The van der Waals surface area contributed by atoms with Gasteiger partial charge < -0.3 is 10.8 Å². The van der Waals surface area contributed by atoms with Crippen LogP contribution < -0.4 is 5.73 Å². The number of nitrogens with two attached hydrogens (primary N) is 1. The molecule has 1 fully saturated rings. The molecule has 1 saturated carbocycles. The molecule has 1 aromatic carbocycles. The number of nitrogens with zero attached hydrogens (tertiary/aromatic N) is 1. The SMILES string of the molecule is Cl.N#Cc1ccc(F)c(O)c1[C@@H](N)C1CCCC1. The van der Waals surface area contributed by atoms with Gasteiger partial charge in [0.05, 0.1) is 11.6 Å². The van der Waals surface area contributed by atoms with Gasteiger partial charge in [0.1, 0.15) is 0 Å². The van der Waals surface area contributed by atoms with Crippen LogP contribution in [0.2, 0.25) is 0 Å². The van der Waals surface area contributed by atoms with Gasteiger partial charge in [-0.15, -0.1) is 12.4 Å². The topological polar surface area (TPSA) is 70.0 Å². The molecular formula is C13H16ClFN2O. The Balaban J connectivity index is 0.00000162. The second kappa shape index (κ2) is 6.03. The highest BCUT2D eigenvalue weighted by Gasteiger charge is 2.28. The number of benzene rings is 1. The minimum absolute atomic E-state index is 0. The molecule has 18 heavy (non-hydrogen) atoms. The van der Waals surface area contributed by atoms with Gasteiger partial charge in [0.2, 0.25) is 0 Å². The fourth-order valence-corrected chi connectivity index (χ4v) is 2.57. The van der Waals surface area contributed by atoms with Gasteiger partial charge in [-0.2, -0.15) is 5.26 Å². The first-order valence-corrected chi connectivity index (χ1v) is 5.82. The van der Waals surface area contributed by atoms with E-state index in [1.54, 1.807) is 0 Å². The lowest BCUT2D eigenvalue weighted by molar-refractivity contribution is 0.391. The zero-order valence-electron chi connectivity index (χ0n) is 9.90. The van der Waals surface area contributed by atoms with Gasteiger partial charge in [0.15, 0.2) is 11.6 Å². The predicted molar refractivity (Wildman–Crippen MR) is 68.9 cm³/mol. The molecule has 0 radical (unpaired) electrons. The van der Waals surface area contributed by atoms with Crippen LogP contribution in [-0.2, 0) is 0 Å². The third kappa shape index (κ3) is 2.58. The molecule has 0 aromatic heterocycles. The van der Waals surface area contributed by atoms with Gasteiger partial charge in [-0.1, -0.05) is 12.8 Å².